The molecule has 0 radical (unpaired) electrons. The van der Waals surface area contributed by atoms with Gasteiger partial charge in [-0.1, -0.05) is 36.2 Å². The van der Waals surface area contributed by atoms with Gasteiger partial charge in [-0.3, -0.25) is 4.90 Å². The molecule has 0 heterocycles. The Bertz CT molecular complexity index is 342. The van der Waals surface area contributed by atoms with Crippen LogP contribution in [-0.2, 0) is 0 Å². The van der Waals surface area contributed by atoms with Crippen molar-refractivity contribution in [3.8, 4) is 0 Å². The third kappa shape index (κ3) is 3.36. The van der Waals surface area contributed by atoms with Gasteiger partial charge in [-0.25, -0.2) is 0 Å². The molecule has 0 saturated carbocycles. The number of nitrogens with two attached hydrogens (primary N) is 1. The lowest BCUT2D eigenvalue weighted by molar-refractivity contribution is 0.251. The first-order chi connectivity index (χ1) is 7.60. The van der Waals surface area contributed by atoms with Crippen LogP contribution in [0.2, 0.25) is 10.0 Å². The van der Waals surface area contributed by atoms with Crippen LogP contribution in [0.4, 0.5) is 0 Å². The van der Waals surface area contributed by atoms with Crippen LogP contribution in [0.3, 0.4) is 0 Å². The molecule has 0 aromatic heterocycles. The normalized spacial score (nSPS) is 13.1. The van der Waals surface area contributed by atoms with E-state index in [4.69, 9.17) is 28.9 Å². The second kappa shape index (κ2) is 6.45. The second-order valence-corrected chi connectivity index (χ2v) is 4.74. The van der Waals surface area contributed by atoms with Crippen molar-refractivity contribution in [3.05, 3.63) is 33.8 Å². The first-order valence-corrected chi connectivity index (χ1v) is 6.21. The summed E-state index contributed by atoms with van der Waals surface area (Å²) in [5, 5.41) is 1.34. The number of halogens is 2. The largest absolute Gasteiger partial charge is 0.329 e. The topological polar surface area (TPSA) is 29.3 Å². The molecule has 1 atom stereocenters. The minimum absolute atomic E-state index is 0.157. The SMILES string of the molecule is CCCN(C)C(CN)c1ccc(Cl)cc1Cl. The van der Waals surface area contributed by atoms with Gasteiger partial charge in [0.25, 0.3) is 0 Å². The van der Waals surface area contributed by atoms with Crippen LogP contribution >= 0.6 is 23.2 Å². The molecule has 0 saturated heterocycles. The monoisotopic (exact) mass is 260 g/mol. The summed E-state index contributed by atoms with van der Waals surface area (Å²) in [6.07, 6.45) is 1.10. The smallest absolute Gasteiger partial charge is 0.0482 e. The Balaban J connectivity index is 2.94. The highest BCUT2D eigenvalue weighted by Crippen LogP contribution is 2.28. The van der Waals surface area contributed by atoms with Crippen LogP contribution in [0.5, 0.6) is 0 Å². The molecule has 0 aliphatic rings. The summed E-state index contributed by atoms with van der Waals surface area (Å²) in [6.45, 7) is 3.70. The molecule has 1 aromatic rings. The highest BCUT2D eigenvalue weighted by molar-refractivity contribution is 6.35. The summed E-state index contributed by atoms with van der Waals surface area (Å²) >= 11 is 12.1. The lowest BCUT2D eigenvalue weighted by atomic mass is 10.1. The van der Waals surface area contributed by atoms with E-state index in [0.717, 1.165) is 18.5 Å². The maximum absolute atomic E-state index is 6.18. The molecule has 16 heavy (non-hydrogen) atoms. The average Bonchev–Trinajstić information content (AvgIpc) is 2.22. The van der Waals surface area contributed by atoms with Gasteiger partial charge < -0.3 is 5.73 Å². The molecule has 0 aliphatic heterocycles. The average molecular weight is 261 g/mol. The lowest BCUT2D eigenvalue weighted by Crippen LogP contribution is -2.31. The first kappa shape index (κ1) is 13.8. The third-order valence-electron chi connectivity index (χ3n) is 2.65. The Labute approximate surface area is 107 Å². The summed E-state index contributed by atoms with van der Waals surface area (Å²) in [7, 11) is 2.06. The van der Waals surface area contributed by atoms with Gasteiger partial charge in [-0.05, 0) is 37.7 Å². The number of benzene rings is 1. The van der Waals surface area contributed by atoms with Gasteiger partial charge in [0.05, 0.1) is 0 Å². The zero-order valence-corrected chi connectivity index (χ0v) is 11.2. The van der Waals surface area contributed by atoms with Crippen LogP contribution in [0.1, 0.15) is 24.9 Å². The highest BCUT2D eigenvalue weighted by Gasteiger charge is 2.17. The zero-order valence-electron chi connectivity index (χ0n) is 9.71. The number of nitrogens with zero attached hydrogens (tertiary/aromatic N) is 1. The number of likely N-dealkylation sites (N-methyl/N-ethyl adjacent to an activating group) is 1. The summed E-state index contributed by atoms with van der Waals surface area (Å²) in [4.78, 5) is 2.22. The zero-order chi connectivity index (χ0) is 12.1. The Morgan fingerprint density at radius 1 is 1.38 bits per heavy atom. The van der Waals surface area contributed by atoms with Crippen LogP contribution < -0.4 is 5.73 Å². The minimum Gasteiger partial charge on any atom is -0.329 e. The Kier molecular flexibility index (Phi) is 5.56. The van der Waals surface area contributed by atoms with Gasteiger partial charge in [0, 0.05) is 22.6 Å². The van der Waals surface area contributed by atoms with Crippen molar-refractivity contribution in [3.63, 3.8) is 0 Å². The summed E-state index contributed by atoms with van der Waals surface area (Å²) in [5.74, 6) is 0. The highest BCUT2D eigenvalue weighted by atomic mass is 35.5. The molecule has 2 N–H and O–H groups in total. The molecular weight excluding hydrogens is 243 g/mol. The molecule has 0 amide bonds. The summed E-state index contributed by atoms with van der Waals surface area (Å²) in [5.41, 5.74) is 6.86. The molecule has 0 bridgehead atoms. The van der Waals surface area contributed by atoms with Crippen LogP contribution in [-0.4, -0.2) is 25.0 Å². The van der Waals surface area contributed by atoms with Crippen LogP contribution in [0.25, 0.3) is 0 Å². The fourth-order valence-electron chi connectivity index (χ4n) is 1.82. The van der Waals surface area contributed by atoms with E-state index < -0.39 is 0 Å². The second-order valence-electron chi connectivity index (χ2n) is 3.90. The standard InChI is InChI=1S/C12H18Cl2N2/c1-3-6-16(2)12(8-15)10-5-4-9(13)7-11(10)14/h4-5,7,12H,3,6,8,15H2,1-2H3. The van der Waals surface area contributed by atoms with E-state index in [9.17, 15) is 0 Å². The molecule has 1 unspecified atom stereocenters. The van der Waals surface area contributed by atoms with Gasteiger partial charge in [0.15, 0.2) is 0 Å². The predicted molar refractivity (Wildman–Crippen MR) is 71.2 cm³/mol. The molecule has 0 fully saturated rings. The first-order valence-electron chi connectivity index (χ1n) is 5.45. The minimum atomic E-state index is 0.157. The number of hydrogen-bond acceptors (Lipinski definition) is 2. The van der Waals surface area contributed by atoms with Gasteiger partial charge in [-0.15, -0.1) is 0 Å². The quantitative estimate of drug-likeness (QED) is 0.880. The van der Waals surface area contributed by atoms with E-state index in [-0.39, 0.29) is 6.04 Å². The number of rotatable bonds is 5. The van der Waals surface area contributed by atoms with E-state index in [1.165, 1.54) is 0 Å². The fourth-order valence-corrected chi connectivity index (χ4v) is 2.36. The molecule has 1 rings (SSSR count). The molecular formula is C12H18Cl2N2. The van der Waals surface area contributed by atoms with Gasteiger partial charge in [-0.2, -0.15) is 0 Å². The van der Waals surface area contributed by atoms with E-state index in [1.807, 2.05) is 12.1 Å². The van der Waals surface area contributed by atoms with Crippen molar-refractivity contribution in [2.45, 2.75) is 19.4 Å². The molecule has 2 nitrogen and oxygen atoms in total. The van der Waals surface area contributed by atoms with Crippen molar-refractivity contribution in [1.29, 1.82) is 0 Å². The van der Waals surface area contributed by atoms with Gasteiger partial charge in [0.1, 0.15) is 0 Å². The van der Waals surface area contributed by atoms with Crippen molar-refractivity contribution in [1.82, 2.24) is 4.90 Å². The number of hydrogen-bond donors (Lipinski definition) is 1. The molecule has 4 heteroatoms. The fraction of sp³-hybridized carbons (Fsp3) is 0.500. The lowest BCUT2D eigenvalue weighted by Gasteiger charge is -2.27. The van der Waals surface area contributed by atoms with Crippen molar-refractivity contribution < 1.29 is 0 Å². The summed E-state index contributed by atoms with van der Waals surface area (Å²) < 4.78 is 0. The maximum Gasteiger partial charge on any atom is 0.0482 e. The third-order valence-corrected chi connectivity index (χ3v) is 3.22. The van der Waals surface area contributed by atoms with E-state index in [0.29, 0.717) is 16.6 Å². The maximum atomic E-state index is 6.18. The Morgan fingerprint density at radius 2 is 2.06 bits per heavy atom. The van der Waals surface area contributed by atoms with Crippen molar-refractivity contribution >= 4 is 23.2 Å². The van der Waals surface area contributed by atoms with E-state index >= 15 is 0 Å². The Hall–Kier alpha value is -0.280. The van der Waals surface area contributed by atoms with E-state index in [2.05, 4.69) is 18.9 Å². The summed E-state index contributed by atoms with van der Waals surface area (Å²) in [6, 6.07) is 5.73. The molecule has 0 aliphatic carbocycles. The molecule has 0 spiro atoms. The van der Waals surface area contributed by atoms with Crippen LogP contribution in [0, 0.1) is 0 Å². The Morgan fingerprint density at radius 3 is 2.56 bits per heavy atom. The van der Waals surface area contributed by atoms with E-state index in [1.54, 1.807) is 6.07 Å². The van der Waals surface area contributed by atoms with Crippen LogP contribution in [0.15, 0.2) is 18.2 Å². The van der Waals surface area contributed by atoms with Gasteiger partial charge >= 0.3 is 0 Å². The molecule has 90 valence electrons. The van der Waals surface area contributed by atoms with Crippen molar-refractivity contribution in [2.75, 3.05) is 20.1 Å². The predicted octanol–water partition coefficient (Wildman–Crippen LogP) is 3.34. The van der Waals surface area contributed by atoms with Crippen molar-refractivity contribution in [2.24, 2.45) is 5.73 Å². The molecule has 1 aromatic carbocycles. The van der Waals surface area contributed by atoms with Gasteiger partial charge in [0.2, 0.25) is 0 Å².